The highest BCUT2D eigenvalue weighted by molar-refractivity contribution is 4.73. The SMILES string of the molecule is CC1CCC(C)CC1.CCC(C)C.CCCC(C)(C)NC. The Kier molecular flexibility index (Phi) is 15.1. The Morgan fingerprint density at radius 1 is 0.952 bits per heavy atom. The smallest absolute Gasteiger partial charge is 0.0122 e. The van der Waals surface area contributed by atoms with E-state index in [9.17, 15) is 0 Å². The lowest BCUT2D eigenvalue weighted by molar-refractivity contribution is 0.308. The number of hydrogen-bond acceptors (Lipinski definition) is 1. The van der Waals surface area contributed by atoms with Crippen molar-refractivity contribution in [1.29, 1.82) is 0 Å². The third-order valence-corrected chi connectivity index (χ3v) is 4.67. The van der Waals surface area contributed by atoms with Crippen LogP contribution in [0, 0.1) is 17.8 Å². The van der Waals surface area contributed by atoms with Crippen LogP contribution in [0.3, 0.4) is 0 Å². The molecule has 0 aromatic rings. The molecule has 1 fully saturated rings. The van der Waals surface area contributed by atoms with E-state index in [2.05, 4.69) is 60.7 Å². The minimum atomic E-state index is 0.342. The van der Waals surface area contributed by atoms with E-state index in [1.165, 1.54) is 44.9 Å². The summed E-state index contributed by atoms with van der Waals surface area (Å²) < 4.78 is 0. The van der Waals surface area contributed by atoms with Gasteiger partial charge in [-0.25, -0.2) is 0 Å². The molecule has 0 heterocycles. The van der Waals surface area contributed by atoms with E-state index in [1.807, 2.05) is 7.05 Å². The fourth-order valence-electron chi connectivity index (χ4n) is 2.18. The zero-order valence-electron chi connectivity index (χ0n) is 16.7. The molecule has 0 aromatic carbocycles. The van der Waals surface area contributed by atoms with E-state index >= 15 is 0 Å². The molecular weight excluding hydrogens is 254 g/mol. The van der Waals surface area contributed by atoms with Gasteiger partial charge in [0.1, 0.15) is 0 Å². The fraction of sp³-hybridized carbons (Fsp3) is 1.00. The van der Waals surface area contributed by atoms with Crippen LogP contribution >= 0.6 is 0 Å². The van der Waals surface area contributed by atoms with Crippen LogP contribution < -0.4 is 5.32 Å². The van der Waals surface area contributed by atoms with Gasteiger partial charge in [-0.05, 0) is 45.1 Å². The van der Waals surface area contributed by atoms with Crippen LogP contribution in [0.5, 0.6) is 0 Å². The molecule has 1 aliphatic rings. The van der Waals surface area contributed by atoms with Crippen molar-refractivity contribution in [1.82, 2.24) is 5.32 Å². The van der Waals surface area contributed by atoms with Gasteiger partial charge in [0.2, 0.25) is 0 Å². The molecule has 0 bridgehead atoms. The van der Waals surface area contributed by atoms with Gasteiger partial charge < -0.3 is 5.32 Å². The third kappa shape index (κ3) is 17.9. The molecule has 1 rings (SSSR count). The molecule has 0 aromatic heterocycles. The summed E-state index contributed by atoms with van der Waals surface area (Å²) in [4.78, 5) is 0. The molecule has 0 atom stereocenters. The largest absolute Gasteiger partial charge is 0.315 e. The van der Waals surface area contributed by atoms with Gasteiger partial charge in [-0.2, -0.15) is 0 Å². The highest BCUT2D eigenvalue weighted by Crippen LogP contribution is 2.27. The molecule has 21 heavy (non-hydrogen) atoms. The predicted octanol–water partition coefficient (Wildman–Crippen LogP) is 6.67. The third-order valence-electron chi connectivity index (χ3n) is 4.67. The van der Waals surface area contributed by atoms with Crippen LogP contribution in [-0.4, -0.2) is 12.6 Å². The number of hydrogen-bond donors (Lipinski definition) is 1. The van der Waals surface area contributed by atoms with E-state index < -0.39 is 0 Å². The van der Waals surface area contributed by atoms with Crippen LogP contribution in [0.25, 0.3) is 0 Å². The first-order valence-electron chi connectivity index (χ1n) is 9.37. The van der Waals surface area contributed by atoms with E-state index in [1.54, 1.807) is 0 Å². The monoisotopic (exact) mass is 299 g/mol. The Morgan fingerprint density at radius 2 is 1.29 bits per heavy atom. The summed E-state index contributed by atoms with van der Waals surface area (Å²) in [5, 5.41) is 3.24. The lowest BCUT2D eigenvalue weighted by Crippen LogP contribution is -2.35. The first-order valence-corrected chi connectivity index (χ1v) is 9.37. The lowest BCUT2D eigenvalue weighted by Gasteiger charge is -2.22. The highest BCUT2D eigenvalue weighted by atomic mass is 14.9. The van der Waals surface area contributed by atoms with Gasteiger partial charge in [-0.1, -0.05) is 80.1 Å². The summed E-state index contributed by atoms with van der Waals surface area (Å²) in [6.45, 7) is 18.0. The topological polar surface area (TPSA) is 12.0 Å². The molecule has 130 valence electrons. The van der Waals surface area contributed by atoms with Crippen LogP contribution in [-0.2, 0) is 0 Å². The van der Waals surface area contributed by atoms with Crippen molar-refractivity contribution in [2.24, 2.45) is 17.8 Å². The van der Waals surface area contributed by atoms with Crippen LogP contribution in [0.2, 0.25) is 0 Å². The molecular formula is C20H45N. The quantitative estimate of drug-likeness (QED) is 0.611. The average Bonchev–Trinajstić information content (AvgIpc) is 2.43. The highest BCUT2D eigenvalue weighted by Gasteiger charge is 2.13. The first-order chi connectivity index (χ1) is 9.68. The van der Waals surface area contributed by atoms with Crippen LogP contribution in [0.15, 0.2) is 0 Å². The summed E-state index contributed by atoms with van der Waals surface area (Å²) >= 11 is 0. The first kappa shape index (κ1) is 23.2. The van der Waals surface area contributed by atoms with Crippen molar-refractivity contribution in [2.45, 2.75) is 106 Å². The molecule has 0 unspecified atom stereocenters. The van der Waals surface area contributed by atoms with Crippen molar-refractivity contribution < 1.29 is 0 Å². The van der Waals surface area contributed by atoms with Gasteiger partial charge in [-0.15, -0.1) is 0 Å². The van der Waals surface area contributed by atoms with Gasteiger partial charge >= 0.3 is 0 Å². The second-order valence-corrected chi connectivity index (χ2v) is 8.05. The Balaban J connectivity index is 0. The zero-order chi connectivity index (χ0) is 16.9. The van der Waals surface area contributed by atoms with Gasteiger partial charge in [-0.3, -0.25) is 0 Å². The minimum Gasteiger partial charge on any atom is -0.315 e. The second kappa shape index (κ2) is 13.6. The van der Waals surface area contributed by atoms with Crippen molar-refractivity contribution in [2.75, 3.05) is 7.05 Å². The molecule has 0 amide bonds. The predicted molar refractivity (Wildman–Crippen MR) is 100.0 cm³/mol. The Labute approximate surface area is 136 Å². The van der Waals surface area contributed by atoms with Crippen molar-refractivity contribution in [3.63, 3.8) is 0 Å². The normalized spacial score (nSPS) is 22.0. The van der Waals surface area contributed by atoms with E-state index in [0.717, 1.165) is 17.8 Å². The zero-order valence-corrected chi connectivity index (χ0v) is 16.7. The molecule has 1 saturated carbocycles. The molecule has 0 spiro atoms. The van der Waals surface area contributed by atoms with Crippen molar-refractivity contribution >= 4 is 0 Å². The number of nitrogens with one attached hydrogen (secondary N) is 1. The maximum absolute atomic E-state index is 3.24. The summed E-state index contributed by atoms with van der Waals surface area (Å²) in [5.41, 5.74) is 0.342. The minimum absolute atomic E-state index is 0.342. The molecule has 1 aliphatic carbocycles. The Hall–Kier alpha value is -0.0400. The van der Waals surface area contributed by atoms with Gasteiger partial charge in [0.25, 0.3) is 0 Å². The molecule has 0 radical (unpaired) electrons. The summed E-state index contributed by atoms with van der Waals surface area (Å²) in [6, 6.07) is 0. The molecule has 1 heteroatoms. The van der Waals surface area contributed by atoms with Crippen LogP contribution in [0.4, 0.5) is 0 Å². The Bertz CT molecular complexity index is 190. The van der Waals surface area contributed by atoms with E-state index in [4.69, 9.17) is 0 Å². The van der Waals surface area contributed by atoms with E-state index in [0.29, 0.717) is 5.54 Å². The molecule has 0 aliphatic heterocycles. The van der Waals surface area contributed by atoms with Gasteiger partial charge in [0, 0.05) is 5.54 Å². The lowest BCUT2D eigenvalue weighted by atomic mass is 9.84. The van der Waals surface area contributed by atoms with Gasteiger partial charge in [0.05, 0.1) is 0 Å². The maximum Gasteiger partial charge on any atom is 0.0122 e. The van der Waals surface area contributed by atoms with Crippen LogP contribution in [0.1, 0.15) is 100 Å². The number of rotatable bonds is 4. The summed E-state index contributed by atoms with van der Waals surface area (Å²) in [5.74, 6) is 2.92. The maximum atomic E-state index is 3.24. The fourth-order valence-corrected chi connectivity index (χ4v) is 2.18. The second-order valence-electron chi connectivity index (χ2n) is 8.05. The van der Waals surface area contributed by atoms with Gasteiger partial charge in [0.15, 0.2) is 0 Å². The summed E-state index contributed by atoms with van der Waals surface area (Å²) in [7, 11) is 2.01. The molecule has 1 nitrogen and oxygen atoms in total. The van der Waals surface area contributed by atoms with Crippen molar-refractivity contribution in [3.8, 4) is 0 Å². The molecule has 1 N–H and O–H groups in total. The summed E-state index contributed by atoms with van der Waals surface area (Å²) in [6.07, 6.45) is 9.71. The standard InChI is InChI=1S/C8H16.C7H17N.C5H12/c1-7-3-5-8(2)6-4-7;1-5-6-7(2,3)8-4;1-4-5(2)3/h7-8H,3-6H2,1-2H3;8H,5-6H2,1-4H3;5H,4H2,1-3H3. The van der Waals surface area contributed by atoms with E-state index in [-0.39, 0.29) is 0 Å². The van der Waals surface area contributed by atoms with Crippen molar-refractivity contribution in [3.05, 3.63) is 0 Å². The molecule has 0 saturated heterocycles. The Morgan fingerprint density at radius 3 is 1.43 bits per heavy atom. The average molecular weight is 300 g/mol.